The lowest BCUT2D eigenvalue weighted by Crippen LogP contribution is -2.06. The summed E-state index contributed by atoms with van der Waals surface area (Å²) in [5, 5.41) is 3.41. The molecule has 1 N–H and O–H groups in total. The normalized spacial score (nSPS) is 10.8. The second-order valence-electron chi connectivity index (χ2n) is 4.83. The molecule has 0 aliphatic heterocycles. The van der Waals surface area contributed by atoms with Crippen LogP contribution in [-0.4, -0.2) is 23.3 Å². The van der Waals surface area contributed by atoms with Crippen molar-refractivity contribution in [2.24, 2.45) is 0 Å². The third-order valence-corrected chi connectivity index (χ3v) is 3.58. The molecule has 1 heterocycles. The molecule has 0 saturated carbocycles. The van der Waals surface area contributed by atoms with Crippen molar-refractivity contribution in [3.8, 4) is 0 Å². The van der Waals surface area contributed by atoms with E-state index in [4.69, 9.17) is 4.74 Å². The van der Waals surface area contributed by atoms with Crippen LogP contribution >= 0.6 is 15.9 Å². The molecule has 0 aliphatic rings. The number of anilines is 2. The van der Waals surface area contributed by atoms with E-state index in [1.807, 2.05) is 13.0 Å². The van der Waals surface area contributed by atoms with E-state index in [0.29, 0.717) is 0 Å². The van der Waals surface area contributed by atoms with Crippen LogP contribution in [-0.2, 0) is 11.3 Å². The van der Waals surface area contributed by atoms with Gasteiger partial charge in [-0.1, -0.05) is 22.0 Å². The van der Waals surface area contributed by atoms with Crippen LogP contribution in [0.25, 0.3) is 0 Å². The first-order valence-corrected chi connectivity index (χ1v) is 7.45. The summed E-state index contributed by atoms with van der Waals surface area (Å²) in [6.45, 7) is 5.74. The molecule has 2 aromatic rings. The minimum Gasteiger partial charge on any atom is -0.385 e. The summed E-state index contributed by atoms with van der Waals surface area (Å²) in [6, 6.07) is 6.19. The van der Waals surface area contributed by atoms with Gasteiger partial charge in [0, 0.05) is 36.6 Å². The molecule has 0 spiro atoms. The number of methoxy groups -OCH3 is 1. The molecule has 2 rings (SSSR count). The van der Waals surface area contributed by atoms with E-state index in [0.717, 1.165) is 41.4 Å². The predicted octanol–water partition coefficient (Wildman–Crippen LogP) is 4.04. The fourth-order valence-electron chi connectivity index (χ4n) is 2.05. The van der Waals surface area contributed by atoms with Crippen LogP contribution in [0.3, 0.4) is 0 Å². The molecule has 0 radical (unpaired) electrons. The fraction of sp³-hybridized carbons (Fsp3) is 0.400. The van der Waals surface area contributed by atoms with Gasteiger partial charge in [0.2, 0.25) is 5.95 Å². The minimum atomic E-state index is 0.757. The lowest BCUT2D eigenvalue weighted by Gasteiger charge is -2.12. The predicted molar refractivity (Wildman–Crippen MR) is 85.6 cm³/mol. The topological polar surface area (TPSA) is 39.1 Å². The van der Waals surface area contributed by atoms with Crippen molar-refractivity contribution in [2.75, 3.05) is 19.0 Å². The van der Waals surface area contributed by atoms with Crippen LogP contribution in [0.4, 0.5) is 11.6 Å². The third kappa shape index (κ3) is 3.84. The van der Waals surface area contributed by atoms with Crippen molar-refractivity contribution in [3.05, 3.63) is 40.1 Å². The van der Waals surface area contributed by atoms with Gasteiger partial charge in [0.05, 0.1) is 5.69 Å². The van der Waals surface area contributed by atoms with Gasteiger partial charge in [-0.3, -0.25) is 0 Å². The molecular formula is C15H20BrN3O. The number of imidazole rings is 1. The molecule has 108 valence electrons. The minimum absolute atomic E-state index is 0.757. The van der Waals surface area contributed by atoms with Crippen LogP contribution in [0.15, 0.2) is 28.9 Å². The number of hydrogen-bond acceptors (Lipinski definition) is 3. The van der Waals surface area contributed by atoms with Crippen molar-refractivity contribution in [1.29, 1.82) is 0 Å². The SMILES string of the molecule is COCCCn1cc(C)nc1Nc1cc(Br)ccc1C. The molecule has 0 unspecified atom stereocenters. The van der Waals surface area contributed by atoms with E-state index >= 15 is 0 Å². The van der Waals surface area contributed by atoms with Gasteiger partial charge in [-0.2, -0.15) is 0 Å². The molecule has 0 bridgehead atoms. The van der Waals surface area contributed by atoms with Crippen LogP contribution in [0.5, 0.6) is 0 Å². The summed E-state index contributed by atoms with van der Waals surface area (Å²) in [6.07, 6.45) is 3.03. The van der Waals surface area contributed by atoms with Gasteiger partial charge in [0.1, 0.15) is 0 Å². The molecule has 4 nitrogen and oxygen atoms in total. The molecule has 0 atom stereocenters. The summed E-state index contributed by atoms with van der Waals surface area (Å²) in [5.74, 6) is 0.875. The molecular weight excluding hydrogens is 318 g/mol. The Hall–Kier alpha value is -1.33. The number of benzene rings is 1. The highest BCUT2D eigenvalue weighted by Crippen LogP contribution is 2.24. The largest absolute Gasteiger partial charge is 0.385 e. The number of aromatic nitrogens is 2. The molecule has 0 aliphatic carbocycles. The van der Waals surface area contributed by atoms with E-state index in [1.54, 1.807) is 7.11 Å². The van der Waals surface area contributed by atoms with E-state index in [2.05, 4.69) is 56.1 Å². The Kier molecular flexibility index (Phi) is 5.20. The van der Waals surface area contributed by atoms with E-state index in [9.17, 15) is 0 Å². The Morgan fingerprint density at radius 1 is 1.35 bits per heavy atom. The summed E-state index contributed by atoms with van der Waals surface area (Å²) >= 11 is 3.50. The second kappa shape index (κ2) is 6.90. The van der Waals surface area contributed by atoms with Gasteiger partial charge in [-0.25, -0.2) is 4.98 Å². The zero-order valence-electron chi connectivity index (χ0n) is 12.1. The van der Waals surface area contributed by atoms with Crippen LogP contribution < -0.4 is 5.32 Å². The molecule has 5 heteroatoms. The first-order chi connectivity index (χ1) is 9.60. The average molecular weight is 338 g/mol. The number of ether oxygens (including phenoxy) is 1. The highest BCUT2D eigenvalue weighted by molar-refractivity contribution is 9.10. The second-order valence-corrected chi connectivity index (χ2v) is 5.75. The standard InChI is InChI=1S/C15H20BrN3O/c1-11-5-6-13(16)9-14(11)18-15-17-12(2)10-19(15)7-4-8-20-3/h5-6,9-10H,4,7-8H2,1-3H3,(H,17,18). The third-order valence-electron chi connectivity index (χ3n) is 3.09. The summed E-state index contributed by atoms with van der Waals surface area (Å²) < 4.78 is 8.29. The number of aryl methyl sites for hydroxylation is 3. The maximum Gasteiger partial charge on any atom is 0.207 e. The molecule has 0 saturated heterocycles. The number of nitrogens with one attached hydrogen (secondary N) is 1. The molecule has 0 fully saturated rings. The molecule has 1 aromatic heterocycles. The van der Waals surface area contributed by atoms with Gasteiger partial charge >= 0.3 is 0 Å². The van der Waals surface area contributed by atoms with Gasteiger partial charge in [-0.15, -0.1) is 0 Å². The van der Waals surface area contributed by atoms with Crippen molar-refractivity contribution in [3.63, 3.8) is 0 Å². The smallest absolute Gasteiger partial charge is 0.207 e. The molecule has 0 amide bonds. The Morgan fingerprint density at radius 3 is 2.90 bits per heavy atom. The zero-order valence-corrected chi connectivity index (χ0v) is 13.7. The van der Waals surface area contributed by atoms with Crippen molar-refractivity contribution < 1.29 is 4.74 Å². The van der Waals surface area contributed by atoms with E-state index in [1.165, 1.54) is 5.56 Å². The first kappa shape index (κ1) is 15.1. The summed E-state index contributed by atoms with van der Waals surface area (Å²) in [4.78, 5) is 4.55. The lowest BCUT2D eigenvalue weighted by molar-refractivity contribution is 0.190. The summed E-state index contributed by atoms with van der Waals surface area (Å²) in [5.41, 5.74) is 3.27. The Bertz CT molecular complexity index is 580. The van der Waals surface area contributed by atoms with Gasteiger partial charge in [0.25, 0.3) is 0 Å². The average Bonchev–Trinajstić information content (AvgIpc) is 2.74. The van der Waals surface area contributed by atoms with Crippen LogP contribution in [0, 0.1) is 13.8 Å². The van der Waals surface area contributed by atoms with Crippen LogP contribution in [0.2, 0.25) is 0 Å². The van der Waals surface area contributed by atoms with Gasteiger partial charge < -0.3 is 14.6 Å². The molecule has 1 aromatic carbocycles. The van der Waals surface area contributed by atoms with Crippen molar-refractivity contribution >= 4 is 27.6 Å². The van der Waals surface area contributed by atoms with Crippen LogP contribution in [0.1, 0.15) is 17.7 Å². The monoisotopic (exact) mass is 337 g/mol. The van der Waals surface area contributed by atoms with Gasteiger partial charge in [-0.05, 0) is 38.0 Å². The van der Waals surface area contributed by atoms with Crippen molar-refractivity contribution in [1.82, 2.24) is 9.55 Å². The maximum absolute atomic E-state index is 5.10. The van der Waals surface area contributed by atoms with Crippen molar-refractivity contribution in [2.45, 2.75) is 26.8 Å². The number of rotatable bonds is 6. The Balaban J connectivity index is 2.17. The van der Waals surface area contributed by atoms with E-state index < -0.39 is 0 Å². The lowest BCUT2D eigenvalue weighted by atomic mass is 10.2. The summed E-state index contributed by atoms with van der Waals surface area (Å²) in [7, 11) is 1.73. The highest BCUT2D eigenvalue weighted by atomic mass is 79.9. The number of halogens is 1. The Morgan fingerprint density at radius 2 is 2.15 bits per heavy atom. The maximum atomic E-state index is 5.10. The number of hydrogen-bond donors (Lipinski definition) is 1. The quantitative estimate of drug-likeness (QED) is 0.808. The van der Waals surface area contributed by atoms with Gasteiger partial charge in [0.15, 0.2) is 0 Å². The Labute approximate surface area is 128 Å². The number of nitrogens with zero attached hydrogens (tertiary/aromatic N) is 2. The molecule has 20 heavy (non-hydrogen) atoms. The van der Waals surface area contributed by atoms with E-state index in [-0.39, 0.29) is 0 Å². The fourth-order valence-corrected chi connectivity index (χ4v) is 2.41. The first-order valence-electron chi connectivity index (χ1n) is 6.66. The highest BCUT2D eigenvalue weighted by Gasteiger charge is 2.07. The zero-order chi connectivity index (χ0) is 14.5.